The number of aliphatic hydroxyl groups excluding tert-OH is 1. The fourth-order valence-corrected chi connectivity index (χ4v) is 1.70. The summed E-state index contributed by atoms with van der Waals surface area (Å²) in [7, 11) is -4.67. The Morgan fingerprint density at radius 2 is 1.79 bits per heavy atom. The molecule has 1 unspecified atom stereocenters. The zero-order valence-electron chi connectivity index (χ0n) is 15.7. The van der Waals surface area contributed by atoms with Gasteiger partial charge in [-0.05, 0) is 26.0 Å². The normalized spacial score (nSPS) is 11.9. The Morgan fingerprint density at radius 1 is 1.28 bits per heavy atom. The standard InChI is InChI=1S/C15H22FN3O4.ClH.H2O4S/c1-15(2,9-18-14(17)22)19-7-10(20)8-23-13(21)11-5-3-4-6-12(11)16;;1-5(2,3)4/h3-6,10,19-20H,7-9H2,1-2H3,(H3,17,18,22);1H;(H2,1,2,3,4). The summed E-state index contributed by atoms with van der Waals surface area (Å²) < 4.78 is 49.9. The zero-order chi connectivity index (χ0) is 22.0. The molecule has 0 radical (unpaired) electrons. The molecule has 0 spiro atoms. The number of benzene rings is 1. The van der Waals surface area contributed by atoms with E-state index in [2.05, 4.69) is 10.6 Å². The molecule has 1 rings (SSSR count). The van der Waals surface area contributed by atoms with E-state index in [0.717, 1.165) is 6.07 Å². The highest BCUT2D eigenvalue weighted by molar-refractivity contribution is 7.79. The minimum Gasteiger partial charge on any atom is -0.459 e. The summed E-state index contributed by atoms with van der Waals surface area (Å²) in [5.74, 6) is -1.51. The summed E-state index contributed by atoms with van der Waals surface area (Å²) in [5.41, 5.74) is 4.30. The van der Waals surface area contributed by atoms with Gasteiger partial charge in [-0.2, -0.15) is 8.42 Å². The number of β-amino-alcohol motifs (C(OH)–C–C–N with tert-alkyl or cyclic N) is 1. The molecule has 29 heavy (non-hydrogen) atoms. The topological polar surface area (TPSA) is 188 Å². The Labute approximate surface area is 173 Å². The number of esters is 1. The molecule has 0 aliphatic carbocycles. The SMILES string of the molecule is CC(C)(CNC(N)=O)NCC(O)COC(=O)c1ccccc1F.Cl.O=S(=O)(O)O. The third-order valence-corrected chi connectivity index (χ3v) is 3.02. The molecule has 1 aromatic rings. The molecular formula is C15H25ClFN3O8S. The molecule has 0 heterocycles. The van der Waals surface area contributed by atoms with Gasteiger partial charge in [0.1, 0.15) is 18.5 Å². The van der Waals surface area contributed by atoms with Crippen molar-refractivity contribution in [1.29, 1.82) is 0 Å². The summed E-state index contributed by atoms with van der Waals surface area (Å²) in [6, 6.07) is 4.81. The highest BCUT2D eigenvalue weighted by Crippen LogP contribution is 2.08. The number of ether oxygens (including phenoxy) is 1. The number of nitrogens with two attached hydrogens (primary N) is 1. The fraction of sp³-hybridized carbons (Fsp3) is 0.467. The zero-order valence-corrected chi connectivity index (χ0v) is 17.3. The van der Waals surface area contributed by atoms with Gasteiger partial charge in [-0.1, -0.05) is 12.1 Å². The molecule has 0 aliphatic rings. The Morgan fingerprint density at radius 3 is 2.28 bits per heavy atom. The highest BCUT2D eigenvalue weighted by atomic mass is 35.5. The number of primary amides is 1. The van der Waals surface area contributed by atoms with Gasteiger partial charge in [0.25, 0.3) is 0 Å². The first-order chi connectivity index (χ1) is 12.7. The van der Waals surface area contributed by atoms with E-state index in [1.54, 1.807) is 13.8 Å². The van der Waals surface area contributed by atoms with Crippen molar-refractivity contribution in [2.75, 3.05) is 19.7 Å². The van der Waals surface area contributed by atoms with Crippen LogP contribution >= 0.6 is 12.4 Å². The number of hydrogen-bond acceptors (Lipinski definition) is 7. The van der Waals surface area contributed by atoms with Crippen LogP contribution in [-0.4, -0.2) is 66.0 Å². The van der Waals surface area contributed by atoms with Gasteiger partial charge in [0.15, 0.2) is 0 Å². The minimum atomic E-state index is -4.67. The van der Waals surface area contributed by atoms with Crippen LogP contribution in [-0.2, 0) is 15.1 Å². The first-order valence-corrected chi connectivity index (χ1v) is 9.19. The molecule has 0 saturated carbocycles. The van der Waals surface area contributed by atoms with Crippen LogP contribution < -0.4 is 16.4 Å². The van der Waals surface area contributed by atoms with E-state index in [1.807, 2.05) is 0 Å². The van der Waals surface area contributed by atoms with E-state index < -0.39 is 39.9 Å². The molecule has 0 aromatic heterocycles. The molecule has 11 nitrogen and oxygen atoms in total. The summed E-state index contributed by atoms with van der Waals surface area (Å²) in [5, 5.41) is 15.3. The quantitative estimate of drug-likeness (QED) is 0.231. The van der Waals surface area contributed by atoms with Crippen LogP contribution in [0.5, 0.6) is 0 Å². The Hall–Kier alpha value is -2.03. The van der Waals surface area contributed by atoms with E-state index in [-0.39, 0.29) is 37.7 Å². The van der Waals surface area contributed by atoms with Crippen molar-refractivity contribution >= 4 is 34.8 Å². The van der Waals surface area contributed by atoms with Crippen molar-refractivity contribution in [2.24, 2.45) is 5.73 Å². The van der Waals surface area contributed by atoms with Gasteiger partial charge < -0.3 is 26.2 Å². The second-order valence-electron chi connectivity index (χ2n) is 6.16. The predicted octanol–water partition coefficient (Wildman–Crippen LogP) is 0.149. The third kappa shape index (κ3) is 16.6. The van der Waals surface area contributed by atoms with Gasteiger partial charge in [-0.3, -0.25) is 9.11 Å². The number of hydrogen-bond donors (Lipinski definition) is 6. The third-order valence-electron chi connectivity index (χ3n) is 3.02. The highest BCUT2D eigenvalue weighted by Gasteiger charge is 2.20. The molecule has 168 valence electrons. The molecular weight excluding hydrogens is 437 g/mol. The van der Waals surface area contributed by atoms with Crippen LogP contribution in [0, 0.1) is 5.82 Å². The number of carbonyl (C=O) groups excluding carboxylic acids is 2. The number of amides is 2. The smallest absolute Gasteiger partial charge is 0.394 e. The van der Waals surface area contributed by atoms with Crippen molar-refractivity contribution in [3.05, 3.63) is 35.6 Å². The lowest BCUT2D eigenvalue weighted by Crippen LogP contribution is -2.52. The van der Waals surface area contributed by atoms with Crippen molar-refractivity contribution in [1.82, 2.24) is 10.6 Å². The summed E-state index contributed by atoms with van der Waals surface area (Å²) in [6.07, 6.45) is -0.974. The molecule has 0 saturated heterocycles. The van der Waals surface area contributed by atoms with Gasteiger partial charge in [0.2, 0.25) is 0 Å². The van der Waals surface area contributed by atoms with Gasteiger partial charge in [0, 0.05) is 18.6 Å². The molecule has 2 amide bonds. The molecule has 0 aliphatic heterocycles. The lowest BCUT2D eigenvalue weighted by Gasteiger charge is -2.27. The van der Waals surface area contributed by atoms with Crippen molar-refractivity contribution in [3.8, 4) is 0 Å². The second-order valence-corrected chi connectivity index (χ2v) is 7.06. The second kappa shape index (κ2) is 13.2. The maximum Gasteiger partial charge on any atom is 0.394 e. The molecule has 7 N–H and O–H groups in total. The number of halogens is 2. The van der Waals surface area contributed by atoms with Crippen LogP contribution in [0.4, 0.5) is 9.18 Å². The monoisotopic (exact) mass is 461 g/mol. The molecule has 0 fully saturated rings. The molecule has 0 bridgehead atoms. The largest absolute Gasteiger partial charge is 0.459 e. The van der Waals surface area contributed by atoms with Crippen molar-refractivity contribution in [3.63, 3.8) is 0 Å². The van der Waals surface area contributed by atoms with E-state index >= 15 is 0 Å². The van der Waals surface area contributed by atoms with Crippen LogP contribution in [0.2, 0.25) is 0 Å². The van der Waals surface area contributed by atoms with Crippen LogP contribution in [0.1, 0.15) is 24.2 Å². The first-order valence-electron chi connectivity index (χ1n) is 7.79. The van der Waals surface area contributed by atoms with E-state index in [9.17, 15) is 19.1 Å². The van der Waals surface area contributed by atoms with Gasteiger partial charge in [-0.15, -0.1) is 12.4 Å². The maximum atomic E-state index is 13.4. The average molecular weight is 462 g/mol. The van der Waals surface area contributed by atoms with Crippen molar-refractivity contribution < 1.29 is 41.3 Å². The summed E-state index contributed by atoms with van der Waals surface area (Å²) in [6.45, 7) is 3.73. The van der Waals surface area contributed by atoms with Crippen molar-refractivity contribution in [2.45, 2.75) is 25.5 Å². The maximum absolute atomic E-state index is 13.4. The number of carbonyl (C=O) groups is 2. The molecule has 1 aromatic carbocycles. The Kier molecular flexibility index (Phi) is 13.3. The summed E-state index contributed by atoms with van der Waals surface area (Å²) >= 11 is 0. The van der Waals surface area contributed by atoms with Crippen LogP contribution in [0.15, 0.2) is 24.3 Å². The molecule has 14 heteroatoms. The van der Waals surface area contributed by atoms with Crippen LogP contribution in [0.3, 0.4) is 0 Å². The Balaban J connectivity index is 0. The Bertz CT molecular complexity index is 756. The van der Waals surface area contributed by atoms with Gasteiger partial charge in [0.05, 0.1) is 5.56 Å². The average Bonchev–Trinajstić information content (AvgIpc) is 2.55. The number of aliphatic hydroxyl groups is 1. The number of urea groups is 1. The van der Waals surface area contributed by atoms with Crippen LogP contribution in [0.25, 0.3) is 0 Å². The summed E-state index contributed by atoms with van der Waals surface area (Å²) in [4.78, 5) is 22.4. The van der Waals surface area contributed by atoms with Gasteiger partial charge in [-0.25, -0.2) is 14.0 Å². The molecule has 1 atom stereocenters. The lowest BCUT2D eigenvalue weighted by molar-refractivity contribution is 0.0241. The minimum absolute atomic E-state index is 0. The fourth-order valence-electron chi connectivity index (χ4n) is 1.70. The van der Waals surface area contributed by atoms with E-state index in [0.29, 0.717) is 0 Å². The van der Waals surface area contributed by atoms with E-state index in [4.69, 9.17) is 28.0 Å². The first kappa shape index (κ1) is 29.2. The number of nitrogens with one attached hydrogen (secondary N) is 2. The van der Waals surface area contributed by atoms with E-state index in [1.165, 1.54) is 18.2 Å². The lowest BCUT2D eigenvalue weighted by atomic mass is 10.1. The predicted molar refractivity (Wildman–Crippen MR) is 104 cm³/mol. The van der Waals surface area contributed by atoms with Gasteiger partial charge >= 0.3 is 22.4 Å². The number of rotatable bonds is 8.